The number of nitrogens with zero attached hydrogens (tertiary/aromatic N) is 2. The molecule has 1 rings (SSSR count). The van der Waals surface area contributed by atoms with E-state index >= 15 is 0 Å². The number of hydrogen-bond donors (Lipinski definition) is 2. The molecule has 96 valence electrons. The molecule has 0 bridgehead atoms. The van der Waals surface area contributed by atoms with Gasteiger partial charge in [-0.2, -0.15) is 0 Å². The molecule has 0 amide bonds. The van der Waals surface area contributed by atoms with Gasteiger partial charge in [0.15, 0.2) is 5.84 Å². The third-order valence-corrected chi connectivity index (χ3v) is 4.13. The Bertz CT molecular complexity index is 382. The number of amidine groups is 1. The van der Waals surface area contributed by atoms with Gasteiger partial charge in [-0.15, -0.1) is 0 Å². The molecule has 3 N–H and O–H groups in total. The number of hydrogen-bond acceptors (Lipinski definition) is 3. The summed E-state index contributed by atoms with van der Waals surface area (Å²) in [5, 5.41) is 11.6. The Kier molecular flexibility index (Phi) is 4.77. The highest BCUT2D eigenvalue weighted by atomic mass is 28.3. The monoisotopic (exact) mass is 255 g/mol. The van der Waals surface area contributed by atoms with E-state index in [1.807, 2.05) is 16.8 Å². The van der Waals surface area contributed by atoms with E-state index in [9.17, 15) is 0 Å². The number of nitrogens with two attached hydrogens (primary N) is 1. The van der Waals surface area contributed by atoms with E-state index < -0.39 is 8.07 Å². The summed E-state index contributed by atoms with van der Waals surface area (Å²) in [5.41, 5.74) is 6.21. The Morgan fingerprint density at radius 3 is 2.82 bits per heavy atom. The van der Waals surface area contributed by atoms with Gasteiger partial charge in [0.05, 0.1) is 5.69 Å². The predicted molar refractivity (Wildman–Crippen MR) is 71.0 cm³/mol. The van der Waals surface area contributed by atoms with Crippen LogP contribution in [0.3, 0.4) is 0 Å². The van der Waals surface area contributed by atoms with E-state index in [4.69, 9.17) is 15.7 Å². The fourth-order valence-electron chi connectivity index (χ4n) is 1.35. The first-order valence-electron chi connectivity index (χ1n) is 5.65. The average Bonchev–Trinajstić information content (AvgIpc) is 2.70. The van der Waals surface area contributed by atoms with Gasteiger partial charge < -0.3 is 20.2 Å². The molecule has 6 heteroatoms. The number of rotatable bonds is 6. The first kappa shape index (κ1) is 13.8. The average molecular weight is 255 g/mol. The maximum Gasteiger partial charge on any atom is 0.186 e. The maximum atomic E-state index is 8.62. The van der Waals surface area contributed by atoms with Crippen LogP contribution in [0.5, 0.6) is 0 Å². The van der Waals surface area contributed by atoms with Gasteiger partial charge in [0.25, 0.3) is 0 Å². The van der Waals surface area contributed by atoms with Gasteiger partial charge in [0, 0.05) is 20.9 Å². The summed E-state index contributed by atoms with van der Waals surface area (Å²) in [6.07, 6.45) is 1.85. The SMILES string of the molecule is C[Si](C)(C)CCOCn1cccc1C(N)=NO. The third-order valence-electron chi connectivity index (χ3n) is 2.43. The van der Waals surface area contributed by atoms with Crippen LogP contribution in [0.1, 0.15) is 5.69 Å². The van der Waals surface area contributed by atoms with Gasteiger partial charge in [-0.05, 0) is 18.2 Å². The first-order chi connectivity index (χ1) is 7.94. The predicted octanol–water partition coefficient (Wildman–Crippen LogP) is 1.89. The largest absolute Gasteiger partial charge is 0.409 e. The van der Waals surface area contributed by atoms with Crippen LogP contribution in [0.4, 0.5) is 0 Å². The maximum absolute atomic E-state index is 8.62. The first-order valence-corrected chi connectivity index (χ1v) is 9.35. The zero-order chi connectivity index (χ0) is 12.9. The second-order valence-electron chi connectivity index (χ2n) is 5.20. The fourth-order valence-corrected chi connectivity index (χ4v) is 2.11. The lowest BCUT2D eigenvalue weighted by atomic mass is 10.4. The molecule has 0 unspecified atom stereocenters. The van der Waals surface area contributed by atoms with Crippen LogP contribution in [-0.4, -0.2) is 30.3 Å². The van der Waals surface area contributed by atoms with Crippen molar-refractivity contribution in [1.29, 1.82) is 0 Å². The van der Waals surface area contributed by atoms with Crippen LogP contribution >= 0.6 is 0 Å². The quantitative estimate of drug-likeness (QED) is 0.204. The summed E-state index contributed by atoms with van der Waals surface area (Å²) in [7, 11) is -1.04. The van der Waals surface area contributed by atoms with E-state index in [-0.39, 0.29) is 5.84 Å². The molecule has 0 atom stereocenters. The van der Waals surface area contributed by atoms with Crippen molar-refractivity contribution in [2.24, 2.45) is 10.9 Å². The summed E-state index contributed by atoms with van der Waals surface area (Å²) >= 11 is 0. The lowest BCUT2D eigenvalue weighted by Gasteiger charge is -2.16. The number of aromatic nitrogens is 1. The molecule has 0 saturated heterocycles. The fraction of sp³-hybridized carbons (Fsp3) is 0.545. The number of ether oxygens (including phenoxy) is 1. The lowest BCUT2D eigenvalue weighted by molar-refractivity contribution is 0.0870. The van der Waals surface area contributed by atoms with Gasteiger partial charge >= 0.3 is 0 Å². The summed E-state index contributed by atoms with van der Waals surface area (Å²) < 4.78 is 7.41. The second kappa shape index (κ2) is 5.88. The standard InChI is InChI=1S/C11H21N3O2Si/c1-17(2,3)8-7-16-9-14-6-4-5-10(14)11(12)13-15/h4-6,15H,7-9H2,1-3H3,(H2,12,13). The molecule has 0 saturated carbocycles. The molecule has 5 nitrogen and oxygen atoms in total. The van der Waals surface area contributed by atoms with Crippen molar-refractivity contribution in [2.45, 2.75) is 32.4 Å². The zero-order valence-electron chi connectivity index (χ0n) is 10.7. The molecule has 1 aromatic rings. The third kappa shape index (κ3) is 4.62. The van der Waals surface area contributed by atoms with Crippen molar-refractivity contribution in [2.75, 3.05) is 6.61 Å². The van der Waals surface area contributed by atoms with Gasteiger partial charge in [-0.3, -0.25) is 0 Å². The van der Waals surface area contributed by atoms with Crippen molar-refractivity contribution >= 4 is 13.9 Å². The summed E-state index contributed by atoms with van der Waals surface area (Å²) in [4.78, 5) is 0. The highest BCUT2D eigenvalue weighted by Gasteiger charge is 2.12. The van der Waals surface area contributed by atoms with Gasteiger partial charge in [0.2, 0.25) is 0 Å². The highest BCUT2D eigenvalue weighted by Crippen LogP contribution is 2.08. The molecule has 1 heterocycles. The minimum Gasteiger partial charge on any atom is -0.409 e. The minimum absolute atomic E-state index is 0.101. The summed E-state index contributed by atoms with van der Waals surface area (Å²) in [6.45, 7) is 8.13. The summed E-state index contributed by atoms with van der Waals surface area (Å²) in [5.74, 6) is 0.101. The molecular weight excluding hydrogens is 234 g/mol. The lowest BCUT2D eigenvalue weighted by Crippen LogP contribution is -2.23. The number of oxime groups is 1. The van der Waals surface area contributed by atoms with E-state index in [0.29, 0.717) is 12.4 Å². The van der Waals surface area contributed by atoms with Crippen molar-refractivity contribution < 1.29 is 9.94 Å². The Morgan fingerprint density at radius 2 is 2.24 bits per heavy atom. The van der Waals surface area contributed by atoms with E-state index in [1.165, 1.54) is 0 Å². The van der Waals surface area contributed by atoms with Crippen molar-refractivity contribution in [3.8, 4) is 0 Å². The van der Waals surface area contributed by atoms with Crippen LogP contribution in [0, 0.1) is 0 Å². The van der Waals surface area contributed by atoms with Gasteiger partial charge in [-0.25, -0.2) is 0 Å². The Labute approximate surface area is 103 Å². The van der Waals surface area contributed by atoms with Gasteiger partial charge in [0.1, 0.15) is 6.73 Å². The molecule has 0 radical (unpaired) electrons. The van der Waals surface area contributed by atoms with Crippen molar-refractivity contribution in [1.82, 2.24) is 4.57 Å². The minimum atomic E-state index is -1.04. The molecule has 0 aliphatic heterocycles. The van der Waals surface area contributed by atoms with Gasteiger partial charge in [-0.1, -0.05) is 24.8 Å². The zero-order valence-corrected chi connectivity index (χ0v) is 11.7. The van der Waals surface area contributed by atoms with Crippen LogP contribution < -0.4 is 5.73 Å². The van der Waals surface area contributed by atoms with E-state index in [2.05, 4.69) is 24.8 Å². The smallest absolute Gasteiger partial charge is 0.186 e. The summed E-state index contributed by atoms with van der Waals surface area (Å²) in [6, 6.07) is 4.76. The molecular formula is C11H21N3O2Si. The van der Waals surface area contributed by atoms with Crippen LogP contribution in [-0.2, 0) is 11.5 Å². The van der Waals surface area contributed by atoms with Crippen molar-refractivity contribution in [3.05, 3.63) is 24.0 Å². The molecule has 0 spiro atoms. The van der Waals surface area contributed by atoms with E-state index in [0.717, 1.165) is 12.7 Å². The topological polar surface area (TPSA) is 72.8 Å². The van der Waals surface area contributed by atoms with Crippen molar-refractivity contribution in [3.63, 3.8) is 0 Å². The van der Waals surface area contributed by atoms with Crippen LogP contribution in [0.2, 0.25) is 25.7 Å². The van der Waals surface area contributed by atoms with Crippen LogP contribution in [0.25, 0.3) is 0 Å². The Hall–Kier alpha value is -1.27. The van der Waals surface area contributed by atoms with Crippen LogP contribution in [0.15, 0.2) is 23.5 Å². The Balaban J connectivity index is 2.45. The molecule has 17 heavy (non-hydrogen) atoms. The molecule has 0 aromatic carbocycles. The molecule has 0 fully saturated rings. The molecule has 0 aliphatic carbocycles. The van der Waals surface area contributed by atoms with E-state index in [1.54, 1.807) is 6.07 Å². The molecule has 0 aliphatic rings. The molecule has 1 aromatic heterocycles. The normalized spacial score (nSPS) is 13.0. The highest BCUT2D eigenvalue weighted by molar-refractivity contribution is 6.76. The second-order valence-corrected chi connectivity index (χ2v) is 10.8. The Morgan fingerprint density at radius 1 is 1.53 bits per heavy atom.